The normalized spacial score (nSPS) is 18.0. The molecule has 2 rings (SSSR count). The number of oxime groups is 1. The van der Waals surface area contributed by atoms with Gasteiger partial charge in [0, 0.05) is 11.0 Å². The van der Waals surface area contributed by atoms with Crippen LogP contribution >= 0.6 is 0 Å². The van der Waals surface area contributed by atoms with Gasteiger partial charge in [-0.25, -0.2) is 0 Å². The van der Waals surface area contributed by atoms with E-state index in [1.807, 2.05) is 0 Å². The van der Waals surface area contributed by atoms with Gasteiger partial charge in [0.1, 0.15) is 5.75 Å². The molecule has 0 aliphatic carbocycles. The number of ether oxygens (including phenoxy) is 2. The summed E-state index contributed by atoms with van der Waals surface area (Å²) in [6, 6.07) is 3.36. The zero-order valence-electron chi connectivity index (χ0n) is 14.3. The second kappa shape index (κ2) is 7.40. The fourth-order valence-corrected chi connectivity index (χ4v) is 2.52. The minimum atomic E-state index is -4.49. The standard InChI is InChI=1S/C16H20F3N3O4/c1-9-3-4-10(5-11(9)26-8-16(17,18)19)14(23)21-12(13(20)22-24)15(2)6-25-7-15/h3-5,12,24H,6-8H2,1-2H3,(H2,20,22)(H,21,23). The summed E-state index contributed by atoms with van der Waals surface area (Å²) in [6.45, 7) is 2.52. The van der Waals surface area contributed by atoms with Crippen molar-refractivity contribution in [2.24, 2.45) is 16.3 Å². The molecule has 0 aromatic heterocycles. The van der Waals surface area contributed by atoms with Crippen LogP contribution in [-0.4, -0.2) is 49.0 Å². The molecule has 1 aromatic rings. The first-order valence-corrected chi connectivity index (χ1v) is 7.72. The molecule has 1 fully saturated rings. The molecule has 1 unspecified atom stereocenters. The number of amides is 1. The zero-order valence-corrected chi connectivity index (χ0v) is 14.3. The molecule has 1 amide bonds. The third-order valence-electron chi connectivity index (χ3n) is 4.09. The summed E-state index contributed by atoms with van der Waals surface area (Å²) in [7, 11) is 0. The van der Waals surface area contributed by atoms with Crippen molar-refractivity contribution in [2.45, 2.75) is 26.1 Å². The number of rotatable bonds is 6. The van der Waals surface area contributed by atoms with Crippen LogP contribution in [0, 0.1) is 12.3 Å². The van der Waals surface area contributed by atoms with Crippen LogP contribution in [0.2, 0.25) is 0 Å². The van der Waals surface area contributed by atoms with Gasteiger partial charge in [0.2, 0.25) is 0 Å². The van der Waals surface area contributed by atoms with Crippen molar-refractivity contribution in [1.29, 1.82) is 0 Å². The molecule has 1 heterocycles. The van der Waals surface area contributed by atoms with Crippen LogP contribution in [0.25, 0.3) is 0 Å². The molecule has 1 aliphatic heterocycles. The zero-order chi connectivity index (χ0) is 19.5. The number of carbonyl (C=O) groups excluding carboxylic acids is 1. The average Bonchev–Trinajstić information content (AvgIpc) is 2.55. The number of alkyl halides is 3. The molecule has 1 saturated heterocycles. The van der Waals surface area contributed by atoms with Crippen LogP contribution in [0.1, 0.15) is 22.8 Å². The molecule has 7 nitrogen and oxygen atoms in total. The Kier molecular flexibility index (Phi) is 5.65. The van der Waals surface area contributed by atoms with Crippen LogP contribution in [0.5, 0.6) is 5.75 Å². The van der Waals surface area contributed by atoms with E-state index >= 15 is 0 Å². The van der Waals surface area contributed by atoms with Crippen molar-refractivity contribution in [2.75, 3.05) is 19.8 Å². The molecule has 0 saturated carbocycles. The second-order valence-electron chi connectivity index (χ2n) is 6.46. The van der Waals surface area contributed by atoms with E-state index in [4.69, 9.17) is 20.4 Å². The summed E-state index contributed by atoms with van der Waals surface area (Å²) in [5.74, 6) is -0.829. The smallest absolute Gasteiger partial charge is 0.422 e. The van der Waals surface area contributed by atoms with Gasteiger partial charge in [0.25, 0.3) is 5.91 Å². The van der Waals surface area contributed by atoms with Gasteiger partial charge in [-0.2, -0.15) is 13.2 Å². The number of aryl methyl sites for hydroxylation is 1. The molecule has 0 radical (unpaired) electrons. The van der Waals surface area contributed by atoms with Crippen molar-refractivity contribution in [1.82, 2.24) is 5.32 Å². The van der Waals surface area contributed by atoms with E-state index < -0.39 is 30.1 Å². The summed E-state index contributed by atoms with van der Waals surface area (Å²) in [6.07, 6.45) is -4.49. The maximum atomic E-state index is 12.5. The molecule has 26 heavy (non-hydrogen) atoms. The summed E-state index contributed by atoms with van der Waals surface area (Å²) < 4.78 is 46.9. The number of amidine groups is 1. The number of nitrogens with zero attached hydrogens (tertiary/aromatic N) is 1. The van der Waals surface area contributed by atoms with Gasteiger partial charge in [-0.1, -0.05) is 18.1 Å². The Balaban J connectivity index is 2.17. The Hall–Kier alpha value is -2.49. The van der Waals surface area contributed by atoms with E-state index in [1.165, 1.54) is 18.2 Å². The number of hydrogen-bond acceptors (Lipinski definition) is 5. The molecular formula is C16H20F3N3O4. The lowest BCUT2D eigenvalue weighted by molar-refractivity contribution is -0.153. The van der Waals surface area contributed by atoms with E-state index in [0.717, 1.165) is 0 Å². The van der Waals surface area contributed by atoms with Crippen molar-refractivity contribution in [3.05, 3.63) is 29.3 Å². The third-order valence-corrected chi connectivity index (χ3v) is 4.09. The van der Waals surface area contributed by atoms with Gasteiger partial charge in [0.05, 0.1) is 19.3 Å². The Bertz CT molecular complexity index is 702. The van der Waals surface area contributed by atoms with Crippen LogP contribution in [0.3, 0.4) is 0 Å². The molecule has 10 heteroatoms. The van der Waals surface area contributed by atoms with E-state index in [0.29, 0.717) is 18.8 Å². The van der Waals surface area contributed by atoms with Gasteiger partial charge >= 0.3 is 6.18 Å². The second-order valence-corrected chi connectivity index (χ2v) is 6.46. The lowest BCUT2D eigenvalue weighted by Crippen LogP contribution is -2.61. The Labute approximate surface area is 147 Å². The summed E-state index contributed by atoms with van der Waals surface area (Å²) in [5.41, 5.74) is 5.67. The summed E-state index contributed by atoms with van der Waals surface area (Å²) in [4.78, 5) is 12.5. The lowest BCUT2D eigenvalue weighted by atomic mass is 9.79. The molecule has 144 valence electrons. The van der Waals surface area contributed by atoms with Crippen molar-refractivity contribution < 1.29 is 32.6 Å². The molecule has 0 bridgehead atoms. The van der Waals surface area contributed by atoms with Crippen LogP contribution < -0.4 is 15.8 Å². The highest BCUT2D eigenvalue weighted by Gasteiger charge is 2.44. The summed E-state index contributed by atoms with van der Waals surface area (Å²) in [5, 5.41) is 14.5. The first-order chi connectivity index (χ1) is 12.1. The molecule has 1 aromatic carbocycles. The van der Waals surface area contributed by atoms with E-state index in [-0.39, 0.29) is 17.1 Å². The lowest BCUT2D eigenvalue weighted by Gasteiger charge is -2.43. The van der Waals surface area contributed by atoms with Gasteiger partial charge in [-0.05, 0) is 24.6 Å². The van der Waals surface area contributed by atoms with Gasteiger partial charge in [-0.3, -0.25) is 4.79 Å². The maximum Gasteiger partial charge on any atom is 0.422 e. The highest BCUT2D eigenvalue weighted by atomic mass is 19.4. The number of halogens is 3. The number of nitrogens with one attached hydrogen (secondary N) is 1. The highest BCUT2D eigenvalue weighted by Crippen LogP contribution is 2.31. The monoisotopic (exact) mass is 375 g/mol. The van der Waals surface area contributed by atoms with E-state index in [9.17, 15) is 18.0 Å². The fraction of sp³-hybridized carbons (Fsp3) is 0.500. The molecule has 4 N–H and O–H groups in total. The molecule has 1 atom stereocenters. The molecular weight excluding hydrogens is 355 g/mol. The third kappa shape index (κ3) is 4.57. The minimum absolute atomic E-state index is 0.0477. The van der Waals surface area contributed by atoms with Gasteiger partial charge in [0.15, 0.2) is 12.4 Å². The average molecular weight is 375 g/mol. The maximum absolute atomic E-state index is 12.5. The molecule has 0 spiro atoms. The van der Waals surface area contributed by atoms with E-state index in [2.05, 4.69) is 10.5 Å². The van der Waals surface area contributed by atoms with Crippen molar-refractivity contribution in [3.8, 4) is 5.75 Å². The molecule has 1 aliphatic rings. The Morgan fingerprint density at radius 2 is 2.15 bits per heavy atom. The van der Waals surface area contributed by atoms with Gasteiger partial charge < -0.3 is 25.7 Å². The highest BCUT2D eigenvalue weighted by molar-refractivity contribution is 5.99. The largest absolute Gasteiger partial charge is 0.484 e. The minimum Gasteiger partial charge on any atom is -0.484 e. The first-order valence-electron chi connectivity index (χ1n) is 7.72. The fourth-order valence-electron chi connectivity index (χ4n) is 2.52. The topological polar surface area (TPSA) is 106 Å². The van der Waals surface area contributed by atoms with Crippen molar-refractivity contribution >= 4 is 11.7 Å². The van der Waals surface area contributed by atoms with Crippen LogP contribution in [0.4, 0.5) is 13.2 Å². The Morgan fingerprint density at radius 1 is 1.50 bits per heavy atom. The Morgan fingerprint density at radius 3 is 2.65 bits per heavy atom. The van der Waals surface area contributed by atoms with Gasteiger partial charge in [-0.15, -0.1) is 0 Å². The quantitative estimate of drug-likeness (QED) is 0.304. The van der Waals surface area contributed by atoms with Crippen molar-refractivity contribution in [3.63, 3.8) is 0 Å². The van der Waals surface area contributed by atoms with E-state index in [1.54, 1.807) is 13.8 Å². The summed E-state index contributed by atoms with van der Waals surface area (Å²) >= 11 is 0. The number of hydrogen-bond donors (Lipinski definition) is 3. The SMILES string of the molecule is Cc1ccc(C(=O)NC(/C(N)=N/O)C2(C)COC2)cc1OCC(F)(F)F. The number of benzene rings is 1. The number of carbonyl (C=O) groups is 1. The number of nitrogens with two attached hydrogens (primary N) is 1. The first kappa shape index (κ1) is 19.8. The predicted octanol–water partition coefficient (Wildman–Crippen LogP) is 1.82. The van der Waals surface area contributed by atoms with Crippen LogP contribution in [-0.2, 0) is 4.74 Å². The van der Waals surface area contributed by atoms with Crippen LogP contribution in [0.15, 0.2) is 23.4 Å². The predicted molar refractivity (Wildman–Crippen MR) is 86.3 cm³/mol.